The van der Waals surface area contributed by atoms with Crippen molar-refractivity contribution in [3.63, 3.8) is 0 Å². The molecule has 0 radical (unpaired) electrons. The third-order valence-electron chi connectivity index (χ3n) is 5.35. The van der Waals surface area contributed by atoms with Crippen molar-refractivity contribution in [2.45, 2.75) is 23.4 Å². The molecule has 0 saturated carbocycles. The summed E-state index contributed by atoms with van der Waals surface area (Å²) in [6, 6.07) is 7.53. The quantitative estimate of drug-likeness (QED) is 0.777. The molecule has 0 N–H and O–H groups in total. The number of rotatable bonds is 5. The fourth-order valence-electron chi connectivity index (χ4n) is 4.14. The van der Waals surface area contributed by atoms with E-state index >= 15 is 0 Å². The van der Waals surface area contributed by atoms with E-state index in [4.69, 9.17) is 0 Å². The lowest BCUT2D eigenvalue weighted by molar-refractivity contribution is 0.178. The summed E-state index contributed by atoms with van der Waals surface area (Å²) in [7, 11) is 0.504. The third-order valence-corrected chi connectivity index (χ3v) is 8.14. The van der Waals surface area contributed by atoms with E-state index in [0.717, 1.165) is 36.6 Å². The predicted molar refractivity (Wildman–Crippen MR) is 103 cm³/mol. The molecule has 1 spiro atoms. The highest BCUT2D eigenvalue weighted by Crippen LogP contribution is 2.49. The maximum atomic E-state index is 13.3. The van der Waals surface area contributed by atoms with E-state index in [9.17, 15) is 8.42 Å². The van der Waals surface area contributed by atoms with Crippen LogP contribution in [0.25, 0.3) is 0 Å². The molecule has 8 heteroatoms. The molecule has 140 valence electrons. The van der Waals surface area contributed by atoms with Crippen LogP contribution >= 0.6 is 11.3 Å². The summed E-state index contributed by atoms with van der Waals surface area (Å²) < 4.78 is 28.3. The summed E-state index contributed by atoms with van der Waals surface area (Å²) in [5, 5.41) is 3.07. The Morgan fingerprint density at radius 1 is 1.31 bits per heavy atom. The Kier molecular flexibility index (Phi) is 4.65. The summed E-state index contributed by atoms with van der Waals surface area (Å²) >= 11 is 1.65. The Bertz CT molecular complexity index is 882. The molecular formula is C18H24N4O2S2. The van der Waals surface area contributed by atoms with Crippen molar-refractivity contribution < 1.29 is 8.42 Å². The Morgan fingerprint density at radius 2 is 2.12 bits per heavy atom. The first kappa shape index (κ1) is 18.1. The highest BCUT2D eigenvalue weighted by Gasteiger charge is 2.56. The molecule has 1 aromatic carbocycles. The average molecular weight is 393 g/mol. The number of aromatic nitrogens is 1. The number of hydrogen-bond acceptors (Lipinski definition) is 6. The summed E-state index contributed by atoms with van der Waals surface area (Å²) in [6.07, 6.45) is 2.65. The van der Waals surface area contributed by atoms with Crippen LogP contribution in [0.4, 0.5) is 0 Å². The highest BCUT2D eigenvalue weighted by atomic mass is 32.2. The first-order valence-electron chi connectivity index (χ1n) is 8.81. The molecule has 1 aromatic heterocycles. The number of sulfonamides is 1. The zero-order valence-corrected chi connectivity index (χ0v) is 16.8. The summed E-state index contributed by atoms with van der Waals surface area (Å²) in [6.45, 7) is 3.60. The van der Waals surface area contributed by atoms with Crippen LogP contribution < -0.4 is 0 Å². The fourth-order valence-corrected chi connectivity index (χ4v) is 6.85. The van der Waals surface area contributed by atoms with Crippen molar-refractivity contribution in [2.24, 2.45) is 0 Å². The minimum Gasteiger partial charge on any atom is -0.308 e. The van der Waals surface area contributed by atoms with Crippen molar-refractivity contribution >= 4 is 21.4 Å². The van der Waals surface area contributed by atoms with Crippen molar-refractivity contribution in [3.8, 4) is 0 Å². The topological polar surface area (TPSA) is 56.8 Å². The van der Waals surface area contributed by atoms with Gasteiger partial charge in [0.2, 0.25) is 10.0 Å². The SMILES string of the molecule is CN(C)CCN1[C@@]2(CCN(Cc3nccs3)C2)c2ccccc2S1(=O)=O. The van der Waals surface area contributed by atoms with E-state index in [2.05, 4.69) is 9.88 Å². The predicted octanol–water partition coefficient (Wildman–Crippen LogP) is 1.81. The second kappa shape index (κ2) is 6.69. The summed E-state index contributed by atoms with van der Waals surface area (Å²) in [5.74, 6) is 0. The maximum Gasteiger partial charge on any atom is 0.244 e. The normalized spacial score (nSPS) is 25.3. The van der Waals surface area contributed by atoms with Crippen LogP contribution in [0.5, 0.6) is 0 Å². The molecule has 26 heavy (non-hydrogen) atoms. The molecule has 0 aliphatic carbocycles. The van der Waals surface area contributed by atoms with E-state index in [-0.39, 0.29) is 0 Å². The monoisotopic (exact) mass is 392 g/mol. The lowest BCUT2D eigenvalue weighted by Gasteiger charge is -2.34. The Labute approximate surface area is 159 Å². The van der Waals surface area contributed by atoms with Crippen molar-refractivity contribution in [2.75, 3.05) is 40.3 Å². The van der Waals surface area contributed by atoms with Gasteiger partial charge in [0.25, 0.3) is 0 Å². The molecule has 1 fully saturated rings. The van der Waals surface area contributed by atoms with Crippen LogP contribution in [0.15, 0.2) is 40.7 Å². The van der Waals surface area contributed by atoms with E-state index in [0.29, 0.717) is 18.0 Å². The van der Waals surface area contributed by atoms with Crippen molar-refractivity contribution in [1.82, 2.24) is 19.1 Å². The minimum atomic E-state index is -3.45. The van der Waals surface area contributed by atoms with Gasteiger partial charge in [-0.2, -0.15) is 4.31 Å². The lowest BCUT2D eigenvalue weighted by Crippen LogP contribution is -2.48. The van der Waals surface area contributed by atoms with Crippen LogP contribution in [0.2, 0.25) is 0 Å². The van der Waals surface area contributed by atoms with Gasteiger partial charge in [0, 0.05) is 37.8 Å². The summed E-state index contributed by atoms with van der Waals surface area (Å²) in [4.78, 5) is 9.23. The molecule has 0 unspecified atom stereocenters. The van der Waals surface area contributed by atoms with Crippen LogP contribution in [-0.4, -0.2) is 67.8 Å². The second-order valence-electron chi connectivity index (χ2n) is 7.29. The molecule has 2 aliphatic heterocycles. The Balaban J connectivity index is 1.69. The Hall–Kier alpha value is -1.32. The first-order valence-corrected chi connectivity index (χ1v) is 11.1. The zero-order valence-electron chi connectivity index (χ0n) is 15.1. The number of hydrogen-bond donors (Lipinski definition) is 0. The first-order chi connectivity index (χ1) is 12.4. The number of nitrogens with zero attached hydrogens (tertiary/aromatic N) is 4. The smallest absolute Gasteiger partial charge is 0.244 e. The van der Waals surface area contributed by atoms with E-state index < -0.39 is 15.6 Å². The number of likely N-dealkylation sites (tertiary alicyclic amines) is 1. The van der Waals surface area contributed by atoms with Crippen LogP contribution in [-0.2, 0) is 22.1 Å². The molecule has 0 bridgehead atoms. The molecule has 4 rings (SSSR count). The highest BCUT2D eigenvalue weighted by molar-refractivity contribution is 7.89. The molecule has 0 amide bonds. The minimum absolute atomic E-state index is 0.456. The number of benzene rings is 1. The van der Waals surface area contributed by atoms with Gasteiger partial charge in [-0.05, 0) is 32.1 Å². The number of thiazole rings is 1. The number of likely N-dealkylation sites (N-methyl/N-ethyl adjacent to an activating group) is 1. The maximum absolute atomic E-state index is 13.3. The van der Waals surface area contributed by atoms with Gasteiger partial charge in [-0.1, -0.05) is 18.2 Å². The van der Waals surface area contributed by atoms with Gasteiger partial charge in [-0.15, -0.1) is 11.3 Å². The van der Waals surface area contributed by atoms with Gasteiger partial charge in [0.05, 0.1) is 17.0 Å². The molecule has 1 atom stereocenters. The molecular weight excluding hydrogens is 368 g/mol. The van der Waals surface area contributed by atoms with Crippen molar-refractivity contribution in [1.29, 1.82) is 0 Å². The van der Waals surface area contributed by atoms with Gasteiger partial charge in [0.15, 0.2) is 0 Å². The molecule has 6 nitrogen and oxygen atoms in total. The molecule has 2 aromatic rings. The fraction of sp³-hybridized carbons (Fsp3) is 0.500. The van der Waals surface area contributed by atoms with Gasteiger partial charge in [-0.3, -0.25) is 4.90 Å². The van der Waals surface area contributed by atoms with E-state index in [1.165, 1.54) is 0 Å². The largest absolute Gasteiger partial charge is 0.308 e. The van der Waals surface area contributed by atoms with Gasteiger partial charge >= 0.3 is 0 Å². The molecule has 1 saturated heterocycles. The standard InChI is InChI=1S/C18H24N4O2S2/c1-20(2)10-11-22-18(15-5-3-4-6-16(15)26(22,23)24)7-9-21(14-18)13-17-19-8-12-25-17/h3-6,8,12H,7,9-11,13-14H2,1-2H3/t18-/m1/s1. The lowest BCUT2D eigenvalue weighted by atomic mass is 9.89. The van der Waals surface area contributed by atoms with Crippen LogP contribution in [0.1, 0.15) is 17.0 Å². The molecule has 2 aliphatic rings. The van der Waals surface area contributed by atoms with Crippen LogP contribution in [0.3, 0.4) is 0 Å². The van der Waals surface area contributed by atoms with Gasteiger partial charge in [-0.25, -0.2) is 13.4 Å². The Morgan fingerprint density at radius 3 is 2.85 bits per heavy atom. The van der Waals surface area contributed by atoms with Gasteiger partial charge in [0.1, 0.15) is 5.01 Å². The van der Waals surface area contributed by atoms with Crippen molar-refractivity contribution in [3.05, 3.63) is 46.4 Å². The van der Waals surface area contributed by atoms with Crippen LogP contribution in [0, 0.1) is 0 Å². The van der Waals surface area contributed by atoms with Gasteiger partial charge < -0.3 is 4.90 Å². The van der Waals surface area contributed by atoms with E-state index in [1.807, 2.05) is 48.8 Å². The van der Waals surface area contributed by atoms with E-state index in [1.54, 1.807) is 21.7 Å². The molecule has 3 heterocycles. The third kappa shape index (κ3) is 2.90. The zero-order chi connectivity index (χ0) is 18.4. The number of fused-ring (bicyclic) bond motifs is 2. The average Bonchev–Trinajstić information content (AvgIpc) is 3.29. The second-order valence-corrected chi connectivity index (χ2v) is 10.1. The summed E-state index contributed by atoms with van der Waals surface area (Å²) in [5.41, 5.74) is 0.503.